The van der Waals surface area contributed by atoms with Crippen LogP contribution >= 0.6 is 0 Å². The Morgan fingerprint density at radius 1 is 0.955 bits per heavy atom. The Kier molecular flexibility index (Phi) is 6.46. The summed E-state index contributed by atoms with van der Waals surface area (Å²) in [5.74, 6) is 0.883. The van der Waals surface area contributed by atoms with Crippen molar-refractivity contribution >= 4 is 0 Å². The summed E-state index contributed by atoms with van der Waals surface area (Å²) in [4.78, 5) is 0. The van der Waals surface area contributed by atoms with E-state index in [0.717, 1.165) is 18.7 Å². The molecule has 2 aromatic rings. The predicted octanol–water partition coefficient (Wildman–Crippen LogP) is 4.66. The zero-order valence-corrected chi connectivity index (χ0v) is 12.9. The lowest BCUT2D eigenvalue weighted by Crippen LogP contribution is -2.20. The van der Waals surface area contributed by atoms with E-state index in [4.69, 9.17) is 4.74 Å². The second-order valence-electron chi connectivity index (χ2n) is 5.12. The van der Waals surface area contributed by atoms with Crippen LogP contribution in [-0.4, -0.2) is 6.54 Å². The van der Waals surface area contributed by atoms with Gasteiger partial charge in [0.2, 0.25) is 0 Å². The number of rotatable bonds is 9. The van der Waals surface area contributed by atoms with Crippen LogP contribution in [0.2, 0.25) is 0 Å². The van der Waals surface area contributed by atoms with Gasteiger partial charge in [-0.1, -0.05) is 54.6 Å². The molecule has 114 valence electrons. The van der Waals surface area contributed by atoms with E-state index in [2.05, 4.69) is 42.7 Å². The smallest absolute Gasteiger partial charge is 0.119 e. The van der Waals surface area contributed by atoms with Crippen LogP contribution in [0.3, 0.4) is 0 Å². The van der Waals surface area contributed by atoms with E-state index in [1.54, 1.807) is 0 Å². The molecule has 0 saturated heterocycles. The highest BCUT2D eigenvalue weighted by molar-refractivity contribution is 5.30. The molecule has 22 heavy (non-hydrogen) atoms. The zero-order chi connectivity index (χ0) is 15.6. The number of nitrogens with one attached hydrogen (secondary N) is 1. The molecule has 0 saturated carbocycles. The summed E-state index contributed by atoms with van der Waals surface area (Å²) in [6.07, 6.45) is 4.69. The lowest BCUT2D eigenvalue weighted by Gasteiger charge is -2.17. The van der Waals surface area contributed by atoms with E-state index in [0.29, 0.717) is 6.61 Å². The summed E-state index contributed by atoms with van der Waals surface area (Å²) >= 11 is 0. The van der Waals surface area contributed by atoms with E-state index >= 15 is 0 Å². The lowest BCUT2D eigenvalue weighted by atomic mass is 10.0. The molecule has 2 nitrogen and oxygen atoms in total. The summed E-state index contributed by atoms with van der Waals surface area (Å²) in [5, 5.41) is 3.43. The predicted molar refractivity (Wildman–Crippen MR) is 93.0 cm³/mol. The first kappa shape index (κ1) is 16.1. The molecule has 0 radical (unpaired) electrons. The molecule has 2 heteroatoms. The molecule has 0 aliphatic heterocycles. The molecule has 0 heterocycles. The standard InChI is InChI=1S/C20H23NO/c1-3-8-20(21-15-4-2)18-11-13-19(14-12-18)22-16-17-9-6-5-7-10-17/h3-7,9-14,20-21H,1-2,8,15-16H2. The van der Waals surface area contributed by atoms with Crippen LogP contribution in [0.5, 0.6) is 5.75 Å². The van der Waals surface area contributed by atoms with Crippen molar-refractivity contribution in [3.63, 3.8) is 0 Å². The molecule has 0 bridgehead atoms. The van der Waals surface area contributed by atoms with E-state index in [9.17, 15) is 0 Å². The van der Waals surface area contributed by atoms with Crippen molar-refractivity contribution in [1.82, 2.24) is 5.32 Å². The Hall–Kier alpha value is -2.32. The van der Waals surface area contributed by atoms with Gasteiger partial charge < -0.3 is 10.1 Å². The largest absolute Gasteiger partial charge is 0.489 e. The van der Waals surface area contributed by atoms with Crippen LogP contribution in [0.25, 0.3) is 0 Å². The van der Waals surface area contributed by atoms with Crippen molar-refractivity contribution < 1.29 is 4.74 Å². The third kappa shape index (κ3) is 4.90. The molecular weight excluding hydrogens is 270 g/mol. The van der Waals surface area contributed by atoms with Crippen LogP contribution in [0.1, 0.15) is 23.6 Å². The monoisotopic (exact) mass is 293 g/mol. The van der Waals surface area contributed by atoms with Crippen LogP contribution in [0.4, 0.5) is 0 Å². The van der Waals surface area contributed by atoms with Gasteiger partial charge in [0.1, 0.15) is 12.4 Å². The highest BCUT2D eigenvalue weighted by Crippen LogP contribution is 2.21. The quantitative estimate of drug-likeness (QED) is 0.679. The van der Waals surface area contributed by atoms with Crippen molar-refractivity contribution in [1.29, 1.82) is 0 Å². The van der Waals surface area contributed by atoms with Gasteiger partial charge in [-0.05, 0) is 29.7 Å². The first-order chi connectivity index (χ1) is 10.8. The lowest BCUT2D eigenvalue weighted by molar-refractivity contribution is 0.306. The van der Waals surface area contributed by atoms with Gasteiger partial charge >= 0.3 is 0 Å². The van der Waals surface area contributed by atoms with Crippen LogP contribution in [0.15, 0.2) is 79.9 Å². The topological polar surface area (TPSA) is 21.3 Å². The normalized spacial score (nSPS) is 11.6. The first-order valence-corrected chi connectivity index (χ1v) is 7.55. The number of ether oxygens (including phenoxy) is 1. The maximum Gasteiger partial charge on any atom is 0.119 e. The molecule has 0 aromatic heterocycles. The number of hydrogen-bond acceptors (Lipinski definition) is 2. The Morgan fingerprint density at radius 3 is 2.32 bits per heavy atom. The molecule has 1 unspecified atom stereocenters. The SMILES string of the molecule is C=CCNC(CC=C)c1ccc(OCc2ccccc2)cc1. The second-order valence-corrected chi connectivity index (χ2v) is 5.12. The molecule has 2 aromatic carbocycles. The highest BCUT2D eigenvalue weighted by atomic mass is 16.5. The van der Waals surface area contributed by atoms with Crippen molar-refractivity contribution in [2.75, 3.05) is 6.54 Å². The maximum atomic E-state index is 5.81. The summed E-state index contributed by atoms with van der Waals surface area (Å²) in [6, 6.07) is 18.7. The van der Waals surface area contributed by atoms with E-state index in [1.807, 2.05) is 42.5 Å². The minimum Gasteiger partial charge on any atom is -0.489 e. The summed E-state index contributed by atoms with van der Waals surface area (Å²) in [5.41, 5.74) is 2.40. The van der Waals surface area contributed by atoms with Gasteiger partial charge in [-0.3, -0.25) is 0 Å². The Labute approximate surface area is 133 Å². The van der Waals surface area contributed by atoms with Crippen LogP contribution < -0.4 is 10.1 Å². The van der Waals surface area contributed by atoms with Gasteiger partial charge in [0.15, 0.2) is 0 Å². The van der Waals surface area contributed by atoms with Crippen molar-refractivity contribution in [3.05, 3.63) is 91.0 Å². The van der Waals surface area contributed by atoms with Gasteiger partial charge in [-0.2, -0.15) is 0 Å². The second kappa shape index (κ2) is 8.85. The molecule has 0 aliphatic carbocycles. The summed E-state index contributed by atoms with van der Waals surface area (Å²) in [6.45, 7) is 8.94. The van der Waals surface area contributed by atoms with Gasteiger partial charge in [0, 0.05) is 12.6 Å². The molecule has 1 N–H and O–H groups in total. The third-order valence-electron chi connectivity index (χ3n) is 3.44. The van der Waals surface area contributed by atoms with Gasteiger partial charge in [0.25, 0.3) is 0 Å². The van der Waals surface area contributed by atoms with Crippen molar-refractivity contribution in [2.45, 2.75) is 19.1 Å². The third-order valence-corrected chi connectivity index (χ3v) is 3.44. The van der Waals surface area contributed by atoms with E-state index < -0.39 is 0 Å². The minimum absolute atomic E-state index is 0.263. The average molecular weight is 293 g/mol. The van der Waals surface area contributed by atoms with Crippen LogP contribution in [-0.2, 0) is 6.61 Å². The molecule has 0 aliphatic rings. The molecule has 1 atom stereocenters. The summed E-state index contributed by atoms with van der Waals surface area (Å²) in [7, 11) is 0. The van der Waals surface area contributed by atoms with Gasteiger partial charge in [-0.25, -0.2) is 0 Å². The van der Waals surface area contributed by atoms with Gasteiger partial charge in [-0.15, -0.1) is 13.2 Å². The Morgan fingerprint density at radius 2 is 1.68 bits per heavy atom. The molecule has 0 fully saturated rings. The van der Waals surface area contributed by atoms with Crippen molar-refractivity contribution in [3.8, 4) is 5.75 Å². The number of benzene rings is 2. The van der Waals surface area contributed by atoms with E-state index in [-0.39, 0.29) is 6.04 Å². The van der Waals surface area contributed by atoms with Crippen LogP contribution in [0, 0.1) is 0 Å². The Bertz CT molecular complexity index is 574. The Balaban J connectivity index is 1.96. The first-order valence-electron chi connectivity index (χ1n) is 7.55. The average Bonchev–Trinajstić information content (AvgIpc) is 2.58. The minimum atomic E-state index is 0.263. The maximum absolute atomic E-state index is 5.81. The van der Waals surface area contributed by atoms with Crippen molar-refractivity contribution in [2.24, 2.45) is 0 Å². The van der Waals surface area contributed by atoms with Gasteiger partial charge in [0.05, 0.1) is 0 Å². The zero-order valence-electron chi connectivity index (χ0n) is 12.9. The number of hydrogen-bond donors (Lipinski definition) is 1. The molecule has 0 amide bonds. The fraction of sp³-hybridized carbons (Fsp3) is 0.200. The fourth-order valence-electron chi connectivity index (χ4n) is 2.27. The molecule has 0 spiro atoms. The van der Waals surface area contributed by atoms with E-state index in [1.165, 1.54) is 11.1 Å². The summed E-state index contributed by atoms with van der Waals surface area (Å²) < 4.78 is 5.81. The highest BCUT2D eigenvalue weighted by Gasteiger charge is 2.08. The molecule has 2 rings (SSSR count). The molecular formula is C20H23NO. The fourth-order valence-corrected chi connectivity index (χ4v) is 2.27.